The van der Waals surface area contributed by atoms with Crippen LogP contribution in [0.2, 0.25) is 0 Å². The van der Waals surface area contributed by atoms with Gasteiger partial charge in [-0.2, -0.15) is 0 Å². The van der Waals surface area contributed by atoms with Gasteiger partial charge in [0.15, 0.2) is 0 Å². The molecule has 16 heavy (non-hydrogen) atoms. The first-order valence-corrected chi connectivity index (χ1v) is 5.59. The first-order chi connectivity index (χ1) is 7.79. The summed E-state index contributed by atoms with van der Waals surface area (Å²) in [6, 6.07) is 8.08. The average Bonchev–Trinajstić information content (AvgIpc) is 2.70. The van der Waals surface area contributed by atoms with Gasteiger partial charge in [0.25, 0.3) is 0 Å². The molecule has 3 nitrogen and oxygen atoms in total. The third-order valence-corrected chi connectivity index (χ3v) is 2.98. The van der Waals surface area contributed by atoms with Crippen molar-refractivity contribution in [3.05, 3.63) is 29.8 Å². The van der Waals surface area contributed by atoms with Gasteiger partial charge in [-0.3, -0.25) is 0 Å². The second-order valence-electron chi connectivity index (χ2n) is 4.19. The van der Waals surface area contributed by atoms with E-state index in [0.717, 1.165) is 30.6 Å². The lowest BCUT2D eigenvalue weighted by Gasteiger charge is -2.14. The van der Waals surface area contributed by atoms with Gasteiger partial charge in [-0.25, -0.2) is 9.79 Å². The van der Waals surface area contributed by atoms with E-state index in [-0.39, 0.29) is 12.1 Å². The number of hydrogen-bond acceptors (Lipinski definition) is 3. The van der Waals surface area contributed by atoms with Crippen molar-refractivity contribution in [2.45, 2.75) is 38.3 Å². The molecule has 2 atom stereocenters. The van der Waals surface area contributed by atoms with E-state index in [4.69, 9.17) is 4.74 Å². The average molecular weight is 217 g/mol. The Labute approximate surface area is 95.2 Å². The fourth-order valence-corrected chi connectivity index (χ4v) is 2.08. The lowest BCUT2D eigenvalue weighted by atomic mass is 10.2. The van der Waals surface area contributed by atoms with Gasteiger partial charge < -0.3 is 4.74 Å². The van der Waals surface area contributed by atoms with E-state index in [0.29, 0.717) is 0 Å². The van der Waals surface area contributed by atoms with Gasteiger partial charge in [-0.15, -0.1) is 0 Å². The summed E-state index contributed by atoms with van der Waals surface area (Å²) in [6.07, 6.45) is 4.52. The number of rotatable bonds is 3. The van der Waals surface area contributed by atoms with Crippen molar-refractivity contribution < 1.29 is 9.53 Å². The van der Waals surface area contributed by atoms with Gasteiger partial charge >= 0.3 is 0 Å². The van der Waals surface area contributed by atoms with Crippen LogP contribution in [0.1, 0.15) is 24.8 Å². The van der Waals surface area contributed by atoms with E-state index in [9.17, 15) is 4.79 Å². The Kier molecular flexibility index (Phi) is 3.37. The summed E-state index contributed by atoms with van der Waals surface area (Å²) < 4.78 is 5.89. The molecule has 1 saturated carbocycles. The second-order valence-corrected chi connectivity index (χ2v) is 4.19. The molecule has 1 aromatic rings. The molecule has 1 aliphatic rings. The first kappa shape index (κ1) is 10.9. The molecule has 0 aliphatic heterocycles. The number of nitrogens with zero attached hydrogens (tertiary/aromatic N) is 1. The minimum atomic E-state index is 0.103. The highest BCUT2D eigenvalue weighted by atomic mass is 16.5. The molecule has 0 aromatic heterocycles. The molecule has 1 aromatic carbocycles. The van der Waals surface area contributed by atoms with Crippen molar-refractivity contribution in [3.8, 4) is 5.75 Å². The Balaban J connectivity index is 1.97. The Hall–Kier alpha value is -1.60. The molecule has 2 rings (SSSR count). The lowest BCUT2D eigenvalue weighted by molar-refractivity contribution is 0.207. The number of aryl methyl sites for hydroxylation is 1. The van der Waals surface area contributed by atoms with Crippen LogP contribution in [0.5, 0.6) is 5.75 Å². The molecule has 0 spiro atoms. The SMILES string of the molecule is Cc1ccccc1OC1CCC(N=C=O)C1. The highest BCUT2D eigenvalue weighted by Crippen LogP contribution is 2.27. The van der Waals surface area contributed by atoms with Crippen molar-refractivity contribution in [3.63, 3.8) is 0 Å². The maximum Gasteiger partial charge on any atom is 0.235 e. The number of hydrogen-bond donors (Lipinski definition) is 0. The van der Waals surface area contributed by atoms with Gasteiger partial charge in [-0.05, 0) is 31.4 Å². The number of benzene rings is 1. The first-order valence-electron chi connectivity index (χ1n) is 5.59. The number of isocyanates is 1. The maximum atomic E-state index is 10.1. The quantitative estimate of drug-likeness (QED) is 0.576. The monoisotopic (exact) mass is 217 g/mol. The summed E-state index contributed by atoms with van der Waals surface area (Å²) in [5, 5.41) is 0. The predicted octanol–water partition coefficient (Wildman–Crippen LogP) is 2.63. The van der Waals surface area contributed by atoms with Gasteiger partial charge in [-0.1, -0.05) is 18.2 Å². The van der Waals surface area contributed by atoms with Crippen LogP contribution in [0.25, 0.3) is 0 Å². The highest BCUT2D eigenvalue weighted by molar-refractivity contribution is 5.34. The Morgan fingerprint density at radius 3 is 2.94 bits per heavy atom. The number of aliphatic imine (C=N–C) groups is 1. The molecule has 0 heterocycles. The smallest absolute Gasteiger partial charge is 0.235 e. The molecular weight excluding hydrogens is 202 g/mol. The molecular formula is C13H15NO2. The zero-order chi connectivity index (χ0) is 11.4. The van der Waals surface area contributed by atoms with E-state index in [2.05, 4.69) is 4.99 Å². The van der Waals surface area contributed by atoms with Crippen LogP contribution in [0.15, 0.2) is 29.3 Å². The maximum absolute atomic E-state index is 10.1. The number of ether oxygens (including phenoxy) is 1. The number of carbonyl (C=O) groups excluding carboxylic acids is 1. The van der Waals surface area contributed by atoms with Crippen LogP contribution in [-0.2, 0) is 4.79 Å². The van der Waals surface area contributed by atoms with E-state index < -0.39 is 0 Å². The largest absolute Gasteiger partial charge is 0.490 e. The third-order valence-electron chi connectivity index (χ3n) is 2.98. The highest BCUT2D eigenvalue weighted by Gasteiger charge is 2.26. The van der Waals surface area contributed by atoms with Crippen molar-refractivity contribution in [1.82, 2.24) is 0 Å². The molecule has 0 N–H and O–H groups in total. The van der Waals surface area contributed by atoms with Crippen molar-refractivity contribution in [2.24, 2.45) is 4.99 Å². The van der Waals surface area contributed by atoms with E-state index in [1.807, 2.05) is 31.2 Å². The summed E-state index contributed by atoms with van der Waals surface area (Å²) in [7, 11) is 0. The Morgan fingerprint density at radius 1 is 1.38 bits per heavy atom. The van der Waals surface area contributed by atoms with Crippen molar-refractivity contribution in [2.75, 3.05) is 0 Å². The molecule has 1 fully saturated rings. The fraction of sp³-hybridized carbons (Fsp3) is 0.462. The zero-order valence-corrected chi connectivity index (χ0v) is 9.35. The van der Waals surface area contributed by atoms with E-state index in [1.165, 1.54) is 0 Å². The minimum Gasteiger partial charge on any atom is -0.490 e. The zero-order valence-electron chi connectivity index (χ0n) is 9.35. The summed E-state index contributed by atoms with van der Waals surface area (Å²) in [6.45, 7) is 2.03. The standard InChI is InChI=1S/C13H15NO2/c1-10-4-2-3-5-13(10)16-12-7-6-11(8-12)14-9-15/h2-5,11-12H,6-8H2,1H3. The second kappa shape index (κ2) is 4.95. The topological polar surface area (TPSA) is 38.7 Å². The minimum absolute atomic E-state index is 0.103. The molecule has 2 unspecified atom stereocenters. The molecule has 0 amide bonds. The molecule has 0 radical (unpaired) electrons. The van der Waals surface area contributed by atoms with Gasteiger partial charge in [0.05, 0.1) is 6.04 Å². The Bertz CT molecular complexity index is 410. The van der Waals surface area contributed by atoms with Crippen molar-refractivity contribution >= 4 is 6.08 Å². The van der Waals surface area contributed by atoms with Gasteiger partial charge in [0, 0.05) is 6.42 Å². The summed E-state index contributed by atoms with van der Waals surface area (Å²) >= 11 is 0. The van der Waals surface area contributed by atoms with Crippen LogP contribution in [0, 0.1) is 6.92 Å². The molecule has 1 aliphatic carbocycles. The normalized spacial score (nSPS) is 23.8. The summed E-state index contributed by atoms with van der Waals surface area (Å²) in [4.78, 5) is 13.9. The van der Waals surface area contributed by atoms with Crippen LogP contribution in [-0.4, -0.2) is 18.2 Å². The van der Waals surface area contributed by atoms with Crippen molar-refractivity contribution in [1.29, 1.82) is 0 Å². The summed E-state index contributed by atoms with van der Waals surface area (Å²) in [5.74, 6) is 0.934. The van der Waals surface area contributed by atoms with E-state index >= 15 is 0 Å². The molecule has 84 valence electrons. The van der Waals surface area contributed by atoms with Crippen LogP contribution < -0.4 is 4.74 Å². The molecule has 0 bridgehead atoms. The molecule has 0 saturated heterocycles. The fourth-order valence-electron chi connectivity index (χ4n) is 2.08. The summed E-state index contributed by atoms with van der Waals surface area (Å²) in [5.41, 5.74) is 1.14. The number of para-hydroxylation sites is 1. The predicted molar refractivity (Wildman–Crippen MR) is 61.4 cm³/mol. The van der Waals surface area contributed by atoms with Crippen LogP contribution >= 0.6 is 0 Å². The van der Waals surface area contributed by atoms with Crippen LogP contribution in [0.3, 0.4) is 0 Å². The van der Waals surface area contributed by atoms with Crippen LogP contribution in [0.4, 0.5) is 0 Å². The third kappa shape index (κ3) is 2.50. The van der Waals surface area contributed by atoms with Gasteiger partial charge in [0.1, 0.15) is 11.9 Å². The van der Waals surface area contributed by atoms with Gasteiger partial charge in [0.2, 0.25) is 6.08 Å². The molecule has 3 heteroatoms. The Morgan fingerprint density at radius 2 is 2.19 bits per heavy atom. The van der Waals surface area contributed by atoms with E-state index in [1.54, 1.807) is 6.08 Å². The lowest BCUT2D eigenvalue weighted by Crippen LogP contribution is -2.13.